The molecule has 0 spiro atoms. The first-order valence-corrected chi connectivity index (χ1v) is 8.13. The van der Waals surface area contributed by atoms with E-state index in [0.29, 0.717) is 8.96 Å². The molecule has 0 fully saturated rings. The van der Waals surface area contributed by atoms with Crippen LogP contribution in [0.4, 0.5) is 26.3 Å². The van der Waals surface area contributed by atoms with Gasteiger partial charge in [-0.3, -0.25) is 0 Å². The number of nitrogens with zero attached hydrogens (tertiary/aromatic N) is 1. The minimum Gasteiger partial charge on any atom is -0.197 e. The summed E-state index contributed by atoms with van der Waals surface area (Å²) in [6.45, 7) is 0. The molecular formula is C15H11Br2F6N. The molecule has 0 radical (unpaired) electrons. The van der Waals surface area contributed by atoms with Crippen LogP contribution in [0.15, 0.2) is 33.7 Å². The van der Waals surface area contributed by atoms with Crippen molar-refractivity contribution in [3.8, 4) is 6.07 Å². The first kappa shape index (κ1) is 21.0. The summed E-state index contributed by atoms with van der Waals surface area (Å²) in [5, 5.41) is 9.38. The van der Waals surface area contributed by atoms with Crippen molar-refractivity contribution in [2.24, 2.45) is 5.41 Å². The van der Waals surface area contributed by atoms with E-state index in [0.717, 1.165) is 12.1 Å². The Bertz CT molecular complexity index is 623. The third-order valence-corrected chi connectivity index (χ3v) is 3.72. The fourth-order valence-electron chi connectivity index (χ4n) is 2.09. The number of nitriles is 1. The molecule has 1 aromatic rings. The van der Waals surface area contributed by atoms with E-state index in [1.807, 2.05) is 6.07 Å². The lowest BCUT2D eigenvalue weighted by atomic mass is 9.79. The number of alkyl halides is 6. The maximum absolute atomic E-state index is 12.5. The van der Waals surface area contributed by atoms with Gasteiger partial charge in [0.1, 0.15) is 0 Å². The predicted molar refractivity (Wildman–Crippen MR) is 84.4 cm³/mol. The van der Waals surface area contributed by atoms with E-state index in [9.17, 15) is 31.6 Å². The highest BCUT2D eigenvalue weighted by atomic mass is 79.9. The van der Waals surface area contributed by atoms with Crippen molar-refractivity contribution in [3.63, 3.8) is 0 Å². The van der Waals surface area contributed by atoms with Crippen LogP contribution >= 0.6 is 31.9 Å². The van der Waals surface area contributed by atoms with E-state index < -0.39 is 36.2 Å². The standard InChI is InChI=1S/C15H11Br2F6N/c16-12(17)8-13(9-24,5-6-14(18,19)20)7-10-1-3-11(4-2-10)15(21,22)23/h1-4,8H,5-7H2. The fourth-order valence-corrected chi connectivity index (χ4v) is 2.97. The largest absolute Gasteiger partial charge is 0.416 e. The molecular weight excluding hydrogens is 468 g/mol. The molecule has 1 aromatic carbocycles. The fraction of sp³-hybridized carbons (Fsp3) is 0.400. The average Bonchev–Trinajstić information content (AvgIpc) is 2.43. The third-order valence-electron chi connectivity index (χ3n) is 3.26. The lowest BCUT2D eigenvalue weighted by molar-refractivity contribution is -0.139. The van der Waals surface area contributed by atoms with Gasteiger partial charge in [-0.2, -0.15) is 31.6 Å². The van der Waals surface area contributed by atoms with Gasteiger partial charge in [0.25, 0.3) is 0 Å². The van der Waals surface area contributed by atoms with Crippen molar-refractivity contribution >= 4 is 31.9 Å². The SMILES string of the molecule is N#CC(C=C(Br)Br)(CCC(F)(F)F)Cc1ccc(C(F)(F)F)cc1. The van der Waals surface area contributed by atoms with Crippen LogP contribution in [0.25, 0.3) is 0 Å². The van der Waals surface area contributed by atoms with Crippen LogP contribution in [0.1, 0.15) is 24.0 Å². The summed E-state index contributed by atoms with van der Waals surface area (Å²) in [5.41, 5.74) is -2.03. The van der Waals surface area contributed by atoms with E-state index in [1.54, 1.807) is 0 Å². The quantitative estimate of drug-likeness (QED) is 0.430. The summed E-state index contributed by atoms with van der Waals surface area (Å²) in [4.78, 5) is 0. The van der Waals surface area contributed by atoms with E-state index >= 15 is 0 Å². The van der Waals surface area contributed by atoms with Crippen LogP contribution in [-0.2, 0) is 12.6 Å². The minimum absolute atomic E-state index is 0.140. The predicted octanol–water partition coefficient (Wildman–Crippen LogP) is 6.73. The van der Waals surface area contributed by atoms with Crippen molar-refractivity contribution in [2.45, 2.75) is 31.6 Å². The topological polar surface area (TPSA) is 23.8 Å². The van der Waals surface area contributed by atoms with Crippen LogP contribution in [-0.4, -0.2) is 6.18 Å². The van der Waals surface area contributed by atoms with E-state index in [-0.39, 0.29) is 6.42 Å². The number of rotatable bonds is 5. The molecule has 1 nitrogen and oxygen atoms in total. The molecule has 0 aliphatic rings. The molecule has 0 N–H and O–H groups in total. The van der Waals surface area contributed by atoms with Gasteiger partial charge in [-0.15, -0.1) is 0 Å². The van der Waals surface area contributed by atoms with Gasteiger partial charge in [0.2, 0.25) is 0 Å². The Morgan fingerprint density at radius 3 is 1.92 bits per heavy atom. The van der Waals surface area contributed by atoms with Gasteiger partial charge in [-0.1, -0.05) is 12.1 Å². The molecule has 9 heteroatoms. The summed E-state index contributed by atoms with van der Waals surface area (Å²) in [5.74, 6) is 0. The second-order valence-corrected chi connectivity index (χ2v) is 7.96. The Morgan fingerprint density at radius 2 is 1.54 bits per heavy atom. The van der Waals surface area contributed by atoms with Crippen molar-refractivity contribution in [1.29, 1.82) is 5.26 Å². The Kier molecular flexibility index (Phi) is 6.94. The lowest BCUT2D eigenvalue weighted by Crippen LogP contribution is -2.23. The van der Waals surface area contributed by atoms with Gasteiger partial charge < -0.3 is 0 Å². The zero-order chi connectivity index (χ0) is 18.6. The van der Waals surface area contributed by atoms with Gasteiger partial charge in [0.05, 0.1) is 20.4 Å². The normalized spacial score (nSPS) is 14.6. The number of hydrogen-bond donors (Lipinski definition) is 0. The van der Waals surface area contributed by atoms with Gasteiger partial charge in [-0.25, -0.2) is 0 Å². The molecule has 0 aliphatic heterocycles. The van der Waals surface area contributed by atoms with Crippen LogP contribution in [0.3, 0.4) is 0 Å². The molecule has 0 aromatic heterocycles. The molecule has 0 amide bonds. The summed E-state index contributed by atoms with van der Waals surface area (Å²) >= 11 is 6.04. The number of benzene rings is 1. The van der Waals surface area contributed by atoms with Crippen molar-refractivity contribution in [3.05, 3.63) is 44.9 Å². The molecule has 0 saturated carbocycles. The Morgan fingerprint density at radius 1 is 1.00 bits per heavy atom. The van der Waals surface area contributed by atoms with Crippen LogP contribution in [0.2, 0.25) is 0 Å². The molecule has 0 saturated heterocycles. The number of allylic oxidation sites excluding steroid dienone is 1. The summed E-state index contributed by atoms with van der Waals surface area (Å²) in [6.07, 6.45) is -9.47. The zero-order valence-electron chi connectivity index (χ0n) is 12.0. The Hall–Kier alpha value is -1.01. The van der Waals surface area contributed by atoms with Crippen molar-refractivity contribution in [2.75, 3.05) is 0 Å². The Balaban J connectivity index is 3.09. The van der Waals surface area contributed by atoms with Gasteiger partial charge in [0, 0.05) is 6.42 Å². The van der Waals surface area contributed by atoms with Crippen molar-refractivity contribution in [1.82, 2.24) is 0 Å². The second kappa shape index (κ2) is 7.91. The summed E-state index contributed by atoms with van der Waals surface area (Å²) < 4.78 is 75.5. The average molecular weight is 479 g/mol. The van der Waals surface area contributed by atoms with Crippen molar-refractivity contribution < 1.29 is 26.3 Å². The number of halogens is 8. The lowest BCUT2D eigenvalue weighted by Gasteiger charge is -2.24. The highest BCUT2D eigenvalue weighted by molar-refractivity contribution is 9.28. The maximum Gasteiger partial charge on any atom is 0.416 e. The highest BCUT2D eigenvalue weighted by Crippen LogP contribution is 2.38. The molecule has 132 valence electrons. The maximum atomic E-state index is 12.5. The third kappa shape index (κ3) is 6.85. The number of hydrogen-bond acceptors (Lipinski definition) is 1. The summed E-state index contributed by atoms with van der Waals surface area (Å²) in [6, 6.07) is 5.87. The monoisotopic (exact) mass is 477 g/mol. The second-order valence-electron chi connectivity index (χ2n) is 5.19. The van der Waals surface area contributed by atoms with Crippen LogP contribution in [0, 0.1) is 16.7 Å². The van der Waals surface area contributed by atoms with Gasteiger partial charge in [0.15, 0.2) is 0 Å². The van der Waals surface area contributed by atoms with Crippen LogP contribution in [0.5, 0.6) is 0 Å². The molecule has 1 rings (SSSR count). The van der Waals surface area contributed by atoms with Gasteiger partial charge >= 0.3 is 12.4 Å². The van der Waals surface area contributed by atoms with E-state index in [2.05, 4.69) is 31.9 Å². The first-order chi connectivity index (χ1) is 10.9. The molecule has 1 atom stereocenters. The minimum atomic E-state index is -4.50. The highest BCUT2D eigenvalue weighted by Gasteiger charge is 2.36. The molecule has 0 bridgehead atoms. The molecule has 0 aliphatic carbocycles. The molecule has 24 heavy (non-hydrogen) atoms. The molecule has 0 heterocycles. The molecule has 1 unspecified atom stereocenters. The smallest absolute Gasteiger partial charge is 0.197 e. The van der Waals surface area contributed by atoms with E-state index in [1.165, 1.54) is 18.2 Å². The Labute approximate surface area is 151 Å². The van der Waals surface area contributed by atoms with E-state index in [4.69, 9.17) is 0 Å². The first-order valence-electron chi connectivity index (χ1n) is 6.55. The summed E-state index contributed by atoms with van der Waals surface area (Å²) in [7, 11) is 0. The zero-order valence-corrected chi connectivity index (χ0v) is 15.2. The van der Waals surface area contributed by atoms with Gasteiger partial charge in [-0.05, 0) is 68.5 Å². The van der Waals surface area contributed by atoms with Crippen LogP contribution < -0.4 is 0 Å².